The zero-order valence-corrected chi connectivity index (χ0v) is 9.94. The summed E-state index contributed by atoms with van der Waals surface area (Å²) in [5, 5.41) is 4.87. The van der Waals surface area contributed by atoms with Crippen molar-refractivity contribution in [3.05, 3.63) is 20.8 Å². The molecule has 1 aliphatic rings. The zero-order valence-electron chi connectivity index (χ0n) is 9.94. The predicted molar refractivity (Wildman–Crippen MR) is 63.4 cm³/mol. The Morgan fingerprint density at radius 1 is 0.889 bits per heavy atom. The fourth-order valence-corrected chi connectivity index (χ4v) is 1.73. The van der Waals surface area contributed by atoms with Gasteiger partial charge >= 0.3 is 5.69 Å². The molecule has 2 rings (SSSR count). The van der Waals surface area contributed by atoms with Crippen molar-refractivity contribution in [3.63, 3.8) is 0 Å². The van der Waals surface area contributed by atoms with Crippen LogP contribution in [0.2, 0.25) is 0 Å². The molecule has 0 aliphatic carbocycles. The molecule has 2 N–H and O–H groups in total. The summed E-state index contributed by atoms with van der Waals surface area (Å²) in [7, 11) is 2.71. The molecule has 1 aromatic rings. The molecule has 1 aliphatic heterocycles. The van der Waals surface area contributed by atoms with E-state index in [9.17, 15) is 19.2 Å². The molecule has 1 aromatic heterocycles. The van der Waals surface area contributed by atoms with Crippen molar-refractivity contribution in [3.8, 4) is 0 Å². The number of hydrogen-bond acceptors (Lipinski definition) is 4. The Morgan fingerprint density at radius 2 is 1.44 bits per heavy atom. The van der Waals surface area contributed by atoms with Crippen LogP contribution in [0.5, 0.6) is 0 Å². The Morgan fingerprint density at radius 3 is 2.06 bits per heavy atom. The van der Waals surface area contributed by atoms with E-state index in [0.717, 1.165) is 9.13 Å². The van der Waals surface area contributed by atoms with Crippen molar-refractivity contribution in [1.82, 2.24) is 9.13 Å². The van der Waals surface area contributed by atoms with Crippen LogP contribution in [0.25, 0.3) is 0 Å². The second-order valence-electron chi connectivity index (χ2n) is 4.03. The van der Waals surface area contributed by atoms with Crippen molar-refractivity contribution >= 4 is 23.3 Å². The first-order chi connectivity index (χ1) is 8.41. The van der Waals surface area contributed by atoms with E-state index >= 15 is 0 Å². The van der Waals surface area contributed by atoms with E-state index in [-0.39, 0.29) is 24.3 Å². The highest BCUT2D eigenvalue weighted by Gasteiger charge is 2.22. The number of hydrogen-bond donors (Lipinski definition) is 2. The zero-order chi connectivity index (χ0) is 13.4. The van der Waals surface area contributed by atoms with Gasteiger partial charge in [-0.1, -0.05) is 0 Å². The van der Waals surface area contributed by atoms with Crippen LogP contribution in [0.3, 0.4) is 0 Å². The molecule has 2 heterocycles. The molecule has 0 bridgehead atoms. The number of carbonyl (C=O) groups excluding carboxylic acids is 2. The highest BCUT2D eigenvalue weighted by Crippen LogP contribution is 2.17. The summed E-state index contributed by atoms with van der Waals surface area (Å²) in [5.74, 6) is -0.822. The molecule has 0 fully saturated rings. The summed E-state index contributed by atoms with van der Waals surface area (Å²) in [6.45, 7) is 0. The molecule has 8 heteroatoms. The Labute approximate surface area is 101 Å². The summed E-state index contributed by atoms with van der Waals surface area (Å²) >= 11 is 0. The number of fused-ring (bicyclic) bond motifs is 1. The lowest BCUT2D eigenvalue weighted by Crippen LogP contribution is -2.41. The lowest BCUT2D eigenvalue weighted by Gasteiger charge is -2.18. The van der Waals surface area contributed by atoms with Gasteiger partial charge in [-0.15, -0.1) is 0 Å². The van der Waals surface area contributed by atoms with Gasteiger partial charge in [-0.2, -0.15) is 0 Å². The second kappa shape index (κ2) is 4.13. The number of aromatic nitrogens is 2. The first kappa shape index (κ1) is 12.1. The van der Waals surface area contributed by atoms with Gasteiger partial charge in [-0.05, 0) is 0 Å². The fourth-order valence-electron chi connectivity index (χ4n) is 1.73. The molecular weight excluding hydrogens is 240 g/mol. The van der Waals surface area contributed by atoms with Gasteiger partial charge in [0.2, 0.25) is 11.8 Å². The van der Waals surface area contributed by atoms with Gasteiger partial charge in [-0.25, -0.2) is 4.79 Å². The van der Waals surface area contributed by atoms with E-state index in [4.69, 9.17) is 0 Å². The van der Waals surface area contributed by atoms with Crippen molar-refractivity contribution < 1.29 is 9.59 Å². The van der Waals surface area contributed by atoms with Gasteiger partial charge in [0.25, 0.3) is 5.56 Å². The maximum atomic E-state index is 11.9. The van der Waals surface area contributed by atoms with E-state index < -0.39 is 23.1 Å². The summed E-state index contributed by atoms with van der Waals surface area (Å²) < 4.78 is 1.98. The average molecular weight is 252 g/mol. The smallest absolute Gasteiger partial charge is 0.318 e. The molecule has 0 aromatic carbocycles. The molecular formula is C10H12N4O4. The van der Waals surface area contributed by atoms with Gasteiger partial charge in [0.15, 0.2) is 0 Å². The van der Waals surface area contributed by atoms with Crippen LogP contribution in [0.15, 0.2) is 9.59 Å². The van der Waals surface area contributed by atoms with Crippen molar-refractivity contribution in [2.45, 2.75) is 12.8 Å². The molecule has 0 unspecified atom stereocenters. The highest BCUT2D eigenvalue weighted by molar-refractivity contribution is 6.02. The standard InChI is InChI=1S/C10H12N4O4/c1-13-8-7(9(17)14(2)10(13)18)11-5(15)3-4-6(16)12-8/h3-4H2,1-2H3,(H,11,15)(H,12,16). The SMILES string of the molecule is Cn1c2c(c(=O)n(C)c1=O)NC(=O)CCC(=O)N2. The maximum absolute atomic E-state index is 11.9. The molecule has 0 spiro atoms. The topological polar surface area (TPSA) is 102 Å². The summed E-state index contributed by atoms with van der Waals surface area (Å²) in [5.41, 5.74) is -1.31. The second-order valence-corrected chi connectivity index (χ2v) is 4.03. The van der Waals surface area contributed by atoms with Crippen molar-refractivity contribution in [2.24, 2.45) is 14.1 Å². The van der Waals surface area contributed by atoms with Crippen LogP contribution < -0.4 is 21.9 Å². The van der Waals surface area contributed by atoms with Gasteiger partial charge in [0.1, 0.15) is 11.5 Å². The average Bonchev–Trinajstić information content (AvgIpc) is 2.33. The third kappa shape index (κ3) is 1.81. The van der Waals surface area contributed by atoms with E-state index in [1.54, 1.807) is 0 Å². The largest absolute Gasteiger partial charge is 0.332 e. The van der Waals surface area contributed by atoms with Crippen LogP contribution in [-0.4, -0.2) is 20.9 Å². The number of carbonyl (C=O) groups is 2. The molecule has 0 saturated carbocycles. The van der Waals surface area contributed by atoms with Crippen LogP contribution in [0, 0.1) is 0 Å². The molecule has 0 radical (unpaired) electrons. The van der Waals surface area contributed by atoms with Crippen LogP contribution in [-0.2, 0) is 23.7 Å². The molecule has 0 atom stereocenters. The first-order valence-electron chi connectivity index (χ1n) is 5.31. The minimum Gasteiger partial charge on any atom is -0.318 e. The Balaban J connectivity index is 2.77. The number of rotatable bonds is 0. The van der Waals surface area contributed by atoms with Crippen LogP contribution in [0.1, 0.15) is 12.8 Å². The number of amides is 2. The summed E-state index contributed by atoms with van der Waals surface area (Å²) in [6.07, 6.45) is 0.00589. The maximum Gasteiger partial charge on any atom is 0.332 e. The van der Waals surface area contributed by atoms with Gasteiger partial charge in [-0.3, -0.25) is 23.5 Å². The van der Waals surface area contributed by atoms with Gasteiger partial charge in [0, 0.05) is 26.9 Å². The normalized spacial score (nSPS) is 15.2. The number of nitrogens with one attached hydrogen (secondary N) is 2. The summed E-state index contributed by atoms with van der Waals surface area (Å²) in [4.78, 5) is 46.6. The molecule has 0 saturated heterocycles. The van der Waals surface area contributed by atoms with E-state index in [1.807, 2.05) is 0 Å². The van der Waals surface area contributed by atoms with Gasteiger partial charge < -0.3 is 10.6 Å². The number of anilines is 2. The van der Waals surface area contributed by atoms with Crippen LogP contribution in [0.4, 0.5) is 11.5 Å². The Hall–Kier alpha value is -2.38. The monoisotopic (exact) mass is 252 g/mol. The first-order valence-corrected chi connectivity index (χ1v) is 5.31. The van der Waals surface area contributed by atoms with Crippen LogP contribution >= 0.6 is 0 Å². The molecule has 18 heavy (non-hydrogen) atoms. The summed E-state index contributed by atoms with van der Waals surface area (Å²) in [6, 6.07) is 0. The van der Waals surface area contributed by atoms with Gasteiger partial charge in [0.05, 0.1) is 0 Å². The third-order valence-electron chi connectivity index (χ3n) is 2.77. The molecule has 8 nitrogen and oxygen atoms in total. The number of nitrogens with zero attached hydrogens (tertiary/aromatic N) is 2. The van der Waals surface area contributed by atoms with E-state index in [2.05, 4.69) is 10.6 Å². The Kier molecular flexibility index (Phi) is 2.77. The molecule has 96 valence electrons. The quantitative estimate of drug-likeness (QED) is 0.602. The Bertz CT molecular complexity index is 655. The molecule has 2 amide bonds. The van der Waals surface area contributed by atoms with E-state index in [0.29, 0.717) is 0 Å². The lowest BCUT2D eigenvalue weighted by atomic mass is 10.2. The minimum atomic E-state index is -0.649. The minimum absolute atomic E-state index is 0.00271. The highest BCUT2D eigenvalue weighted by atomic mass is 16.2. The fraction of sp³-hybridized carbons (Fsp3) is 0.400. The van der Waals surface area contributed by atoms with Crippen molar-refractivity contribution in [1.29, 1.82) is 0 Å². The van der Waals surface area contributed by atoms with Crippen molar-refractivity contribution in [2.75, 3.05) is 10.6 Å². The van der Waals surface area contributed by atoms with E-state index in [1.165, 1.54) is 14.1 Å². The third-order valence-corrected chi connectivity index (χ3v) is 2.77. The lowest BCUT2D eigenvalue weighted by molar-refractivity contribution is -0.121. The predicted octanol–water partition coefficient (Wildman–Crippen LogP) is -1.25.